The molecule has 31 heavy (non-hydrogen) atoms. The van der Waals surface area contributed by atoms with E-state index in [-0.39, 0.29) is 25.2 Å². The van der Waals surface area contributed by atoms with Gasteiger partial charge in [0.2, 0.25) is 3.79 Å². The van der Waals surface area contributed by atoms with Gasteiger partial charge in [0.1, 0.15) is 18.5 Å². The lowest BCUT2D eigenvalue weighted by atomic mass is 9.55. The fourth-order valence-electron chi connectivity index (χ4n) is 4.78. The molecule has 1 aliphatic carbocycles. The van der Waals surface area contributed by atoms with E-state index in [9.17, 15) is 14.7 Å². The van der Waals surface area contributed by atoms with Gasteiger partial charge in [-0.25, -0.2) is 4.79 Å². The van der Waals surface area contributed by atoms with Crippen molar-refractivity contribution in [2.45, 2.75) is 53.5 Å². The van der Waals surface area contributed by atoms with Crippen LogP contribution in [0.3, 0.4) is 0 Å². The van der Waals surface area contributed by atoms with Crippen LogP contribution in [0, 0.1) is 0 Å². The summed E-state index contributed by atoms with van der Waals surface area (Å²) in [6.07, 6.45) is 0.729. The van der Waals surface area contributed by atoms with E-state index in [2.05, 4.69) is 0 Å². The number of rotatable bonds is 4. The number of halogens is 3. The van der Waals surface area contributed by atoms with Crippen LogP contribution < -0.4 is 4.74 Å². The number of fused-ring (bicyclic) bond motifs is 1. The summed E-state index contributed by atoms with van der Waals surface area (Å²) in [5.41, 5.74) is -1.11. The summed E-state index contributed by atoms with van der Waals surface area (Å²) in [6, 6.07) is 7.51. The van der Waals surface area contributed by atoms with Crippen molar-refractivity contribution >= 4 is 46.9 Å². The summed E-state index contributed by atoms with van der Waals surface area (Å²) in [7, 11) is 1.58. The average molecular weight is 495 g/mol. The average Bonchev–Trinajstić information content (AvgIpc) is 2.71. The molecule has 7 nitrogen and oxygen atoms in total. The van der Waals surface area contributed by atoms with Crippen LogP contribution in [0.4, 0.5) is 4.79 Å². The van der Waals surface area contributed by atoms with Gasteiger partial charge in [-0.2, -0.15) is 0 Å². The number of aliphatic hydroxyl groups is 1. The predicted octanol–water partition coefficient (Wildman–Crippen LogP) is 3.99. The zero-order chi connectivity index (χ0) is 22.9. The number of methoxy groups -OCH3 is 1. The minimum absolute atomic E-state index is 0.0513. The smallest absolute Gasteiger partial charge is 0.410 e. The summed E-state index contributed by atoms with van der Waals surface area (Å²) in [5, 5.41) is 11.8. The second-order valence-corrected chi connectivity index (χ2v) is 10.7. The van der Waals surface area contributed by atoms with Gasteiger partial charge in [-0.1, -0.05) is 46.9 Å². The Balaban J connectivity index is 1.90. The topological polar surface area (TPSA) is 85.3 Å². The molecule has 1 aromatic carbocycles. The SMILES string of the molecule is COc1cccc([C@]23CCN(C(=O)OCC(Cl)(Cl)Cl)C[C@@]2(O)CCC(OC(C)=O)C3)c1. The number of hydrogen-bond acceptors (Lipinski definition) is 6. The van der Waals surface area contributed by atoms with Gasteiger partial charge >= 0.3 is 12.1 Å². The first-order chi connectivity index (χ1) is 14.5. The highest BCUT2D eigenvalue weighted by atomic mass is 35.6. The van der Waals surface area contributed by atoms with Crippen molar-refractivity contribution in [3.63, 3.8) is 0 Å². The van der Waals surface area contributed by atoms with Gasteiger partial charge in [-0.05, 0) is 43.4 Å². The number of carbonyl (C=O) groups is 2. The third-order valence-corrected chi connectivity index (χ3v) is 6.51. The molecule has 2 aliphatic rings. The Hall–Kier alpha value is -1.41. The molecule has 1 N–H and O–H groups in total. The van der Waals surface area contributed by atoms with Gasteiger partial charge in [0.25, 0.3) is 0 Å². The molecule has 10 heteroatoms. The van der Waals surface area contributed by atoms with Crippen LogP contribution in [-0.2, 0) is 19.7 Å². The number of amides is 1. The molecule has 1 unspecified atom stereocenters. The van der Waals surface area contributed by atoms with E-state index in [1.807, 2.05) is 24.3 Å². The summed E-state index contributed by atoms with van der Waals surface area (Å²) in [5.74, 6) is 0.303. The van der Waals surface area contributed by atoms with Crippen LogP contribution in [0.1, 0.15) is 38.2 Å². The van der Waals surface area contributed by atoms with E-state index in [1.54, 1.807) is 7.11 Å². The minimum Gasteiger partial charge on any atom is -0.497 e. The van der Waals surface area contributed by atoms with Crippen molar-refractivity contribution in [3.05, 3.63) is 29.8 Å². The lowest BCUT2D eigenvalue weighted by molar-refractivity contribution is -0.166. The number of piperidine rings is 1. The van der Waals surface area contributed by atoms with E-state index in [0.29, 0.717) is 38.0 Å². The molecule has 3 atom stereocenters. The van der Waals surface area contributed by atoms with E-state index < -0.39 is 20.9 Å². The molecule has 1 heterocycles. The monoisotopic (exact) mass is 493 g/mol. The maximum atomic E-state index is 12.5. The van der Waals surface area contributed by atoms with Crippen molar-refractivity contribution in [2.24, 2.45) is 0 Å². The van der Waals surface area contributed by atoms with E-state index >= 15 is 0 Å². The largest absolute Gasteiger partial charge is 0.497 e. The number of hydrogen-bond donors (Lipinski definition) is 1. The summed E-state index contributed by atoms with van der Waals surface area (Å²) < 4.78 is 14.3. The molecule has 1 aromatic rings. The van der Waals surface area contributed by atoms with Gasteiger partial charge in [-0.15, -0.1) is 0 Å². The predicted molar refractivity (Wildman–Crippen MR) is 117 cm³/mol. The Labute approximate surface area is 196 Å². The maximum Gasteiger partial charge on any atom is 0.410 e. The Bertz CT molecular complexity index is 832. The lowest BCUT2D eigenvalue weighted by Gasteiger charge is -2.57. The van der Waals surface area contributed by atoms with Crippen molar-refractivity contribution in [2.75, 3.05) is 26.8 Å². The zero-order valence-corrected chi connectivity index (χ0v) is 19.7. The standard InChI is InChI=1S/C21H26Cl3NO6/c1-14(26)31-17-6-7-20(28)12-25(18(27)30-13-21(22,23)24)9-8-19(20,11-17)15-4-3-5-16(10-15)29-2/h3-5,10,17,28H,6-9,11-13H2,1-2H3/t17?,19-,20+/m1/s1. The summed E-state index contributed by atoms with van der Waals surface area (Å²) in [6.45, 7) is 1.37. The highest BCUT2D eigenvalue weighted by Crippen LogP contribution is 2.52. The number of benzene rings is 1. The molecule has 0 aromatic heterocycles. The quantitative estimate of drug-likeness (QED) is 0.503. The normalized spacial score (nSPS) is 28.5. The maximum absolute atomic E-state index is 12.5. The molecular weight excluding hydrogens is 469 g/mol. The van der Waals surface area contributed by atoms with Gasteiger partial charge in [0.15, 0.2) is 0 Å². The number of esters is 1. The van der Waals surface area contributed by atoms with Crippen molar-refractivity contribution in [1.29, 1.82) is 0 Å². The minimum atomic E-state index is -1.71. The molecule has 3 rings (SSSR count). The zero-order valence-electron chi connectivity index (χ0n) is 17.4. The number of β-amino-alcohol motifs (C(OH)–C–C–N with tert-alkyl or cyclic N) is 1. The number of ether oxygens (including phenoxy) is 3. The number of carbonyl (C=O) groups excluding carboxylic acids is 2. The van der Waals surface area contributed by atoms with Crippen molar-refractivity contribution < 1.29 is 28.9 Å². The molecule has 1 saturated heterocycles. The van der Waals surface area contributed by atoms with Gasteiger partial charge in [0.05, 0.1) is 19.3 Å². The first kappa shape index (κ1) is 24.2. The number of likely N-dealkylation sites (tertiary alicyclic amines) is 1. The fourth-order valence-corrected chi connectivity index (χ4v) is 4.95. The first-order valence-corrected chi connectivity index (χ1v) is 11.1. The van der Waals surface area contributed by atoms with Gasteiger partial charge in [0, 0.05) is 18.9 Å². The highest BCUT2D eigenvalue weighted by Gasteiger charge is 2.59. The van der Waals surface area contributed by atoms with Crippen LogP contribution >= 0.6 is 34.8 Å². The van der Waals surface area contributed by atoms with Crippen LogP contribution in [0.25, 0.3) is 0 Å². The van der Waals surface area contributed by atoms with Gasteiger partial charge in [-0.3, -0.25) is 4.79 Å². The fraction of sp³-hybridized carbons (Fsp3) is 0.619. The van der Waals surface area contributed by atoms with E-state index in [1.165, 1.54) is 11.8 Å². The van der Waals surface area contributed by atoms with Crippen LogP contribution in [0.15, 0.2) is 24.3 Å². The van der Waals surface area contributed by atoms with E-state index in [4.69, 9.17) is 49.0 Å². The van der Waals surface area contributed by atoms with Crippen LogP contribution in [0.5, 0.6) is 5.75 Å². The molecular formula is C21H26Cl3NO6. The third kappa shape index (κ3) is 5.33. The van der Waals surface area contributed by atoms with Crippen molar-refractivity contribution in [1.82, 2.24) is 4.90 Å². The molecule has 1 saturated carbocycles. The molecule has 0 bridgehead atoms. The Morgan fingerprint density at radius 3 is 2.68 bits per heavy atom. The molecule has 2 fully saturated rings. The Morgan fingerprint density at radius 1 is 1.29 bits per heavy atom. The molecule has 172 valence electrons. The number of nitrogens with zero attached hydrogens (tertiary/aromatic N) is 1. The molecule has 0 spiro atoms. The van der Waals surface area contributed by atoms with Crippen molar-refractivity contribution in [3.8, 4) is 5.75 Å². The number of alkyl halides is 3. The van der Waals surface area contributed by atoms with E-state index in [0.717, 1.165) is 5.56 Å². The first-order valence-electron chi connectivity index (χ1n) is 10.0. The summed E-state index contributed by atoms with van der Waals surface area (Å²) >= 11 is 17.0. The lowest BCUT2D eigenvalue weighted by Crippen LogP contribution is -2.66. The summed E-state index contributed by atoms with van der Waals surface area (Å²) in [4.78, 5) is 25.6. The molecule has 1 aliphatic heterocycles. The van der Waals surface area contributed by atoms with Crippen LogP contribution in [-0.4, -0.2) is 64.4 Å². The highest BCUT2D eigenvalue weighted by molar-refractivity contribution is 6.67. The van der Waals surface area contributed by atoms with Gasteiger partial charge < -0.3 is 24.2 Å². The second-order valence-electron chi connectivity index (χ2n) is 8.16. The molecule has 1 amide bonds. The molecule has 0 radical (unpaired) electrons. The Kier molecular flexibility index (Phi) is 7.21. The third-order valence-electron chi connectivity index (χ3n) is 6.18. The van der Waals surface area contributed by atoms with Crippen LogP contribution in [0.2, 0.25) is 0 Å². The second kappa shape index (κ2) is 9.22. The Morgan fingerprint density at radius 2 is 2.03 bits per heavy atom.